The van der Waals surface area contributed by atoms with Gasteiger partial charge in [-0.05, 0) is 49.2 Å². The molecule has 0 aliphatic rings. The predicted octanol–water partition coefficient (Wildman–Crippen LogP) is 4.23. The van der Waals surface area contributed by atoms with E-state index in [0.29, 0.717) is 11.5 Å². The molecule has 2 N–H and O–H groups in total. The summed E-state index contributed by atoms with van der Waals surface area (Å²) < 4.78 is 12.9. The number of carbonyl (C=O) groups is 1. The zero-order chi connectivity index (χ0) is 17.8. The van der Waals surface area contributed by atoms with Crippen molar-refractivity contribution < 1.29 is 9.18 Å². The molecule has 3 rings (SSSR count). The molecule has 126 valence electrons. The molecule has 5 nitrogen and oxygen atoms in total. The summed E-state index contributed by atoms with van der Waals surface area (Å²) in [5.41, 5.74) is 3.64. The number of aromatic nitrogens is 2. The largest absolute Gasteiger partial charge is 0.339 e. The number of rotatable bonds is 4. The maximum absolute atomic E-state index is 12.9. The fraction of sp³-hybridized carbons (Fsp3) is 0.105. The van der Waals surface area contributed by atoms with Gasteiger partial charge in [0.05, 0.1) is 12.4 Å². The van der Waals surface area contributed by atoms with Crippen molar-refractivity contribution in [1.82, 2.24) is 9.97 Å². The number of anilines is 3. The van der Waals surface area contributed by atoms with Gasteiger partial charge in [0, 0.05) is 11.4 Å². The van der Waals surface area contributed by atoms with Crippen molar-refractivity contribution in [1.29, 1.82) is 0 Å². The van der Waals surface area contributed by atoms with E-state index in [1.54, 1.807) is 12.1 Å². The number of benzene rings is 2. The Balaban J connectivity index is 1.71. The lowest BCUT2D eigenvalue weighted by Crippen LogP contribution is -2.15. The van der Waals surface area contributed by atoms with E-state index in [4.69, 9.17) is 0 Å². The van der Waals surface area contributed by atoms with Crippen molar-refractivity contribution in [3.8, 4) is 0 Å². The first-order valence-electron chi connectivity index (χ1n) is 7.75. The molecule has 0 fully saturated rings. The van der Waals surface area contributed by atoms with E-state index in [1.807, 2.05) is 32.0 Å². The highest BCUT2D eigenvalue weighted by Gasteiger charge is 2.11. The summed E-state index contributed by atoms with van der Waals surface area (Å²) in [6.07, 6.45) is 2.86. The lowest BCUT2D eigenvalue weighted by atomic mass is 10.1. The van der Waals surface area contributed by atoms with Crippen LogP contribution in [0.15, 0.2) is 54.9 Å². The van der Waals surface area contributed by atoms with Crippen molar-refractivity contribution >= 4 is 23.1 Å². The summed E-state index contributed by atoms with van der Waals surface area (Å²) in [5, 5.41) is 5.86. The van der Waals surface area contributed by atoms with E-state index < -0.39 is 0 Å². The Bertz CT molecular complexity index is 872. The molecule has 0 spiro atoms. The zero-order valence-corrected chi connectivity index (χ0v) is 13.9. The monoisotopic (exact) mass is 336 g/mol. The van der Waals surface area contributed by atoms with E-state index in [0.717, 1.165) is 16.8 Å². The molecule has 0 unspecified atom stereocenters. The third-order valence-electron chi connectivity index (χ3n) is 3.72. The Morgan fingerprint density at radius 3 is 2.24 bits per heavy atom. The van der Waals surface area contributed by atoms with Crippen molar-refractivity contribution in [3.05, 3.63) is 77.5 Å². The third-order valence-corrected chi connectivity index (χ3v) is 3.72. The van der Waals surface area contributed by atoms with Crippen LogP contribution in [-0.2, 0) is 0 Å². The number of amides is 1. The number of para-hydroxylation sites is 1. The highest BCUT2D eigenvalue weighted by atomic mass is 19.1. The standard InChI is InChI=1S/C19H17FN4O/c1-12-4-3-5-13(2)18(12)24-19(25)16-10-22-17(11-21-16)23-15-8-6-14(20)7-9-15/h3-11H,1-2H3,(H,22,23)(H,24,25). The molecule has 3 aromatic rings. The topological polar surface area (TPSA) is 66.9 Å². The summed E-state index contributed by atoms with van der Waals surface area (Å²) in [6, 6.07) is 11.7. The minimum Gasteiger partial charge on any atom is -0.339 e. The number of nitrogens with zero attached hydrogens (tertiary/aromatic N) is 2. The molecule has 1 amide bonds. The van der Waals surface area contributed by atoms with Gasteiger partial charge in [-0.25, -0.2) is 14.4 Å². The fourth-order valence-electron chi connectivity index (χ4n) is 2.38. The van der Waals surface area contributed by atoms with Gasteiger partial charge in [-0.2, -0.15) is 0 Å². The van der Waals surface area contributed by atoms with Crippen LogP contribution < -0.4 is 10.6 Å². The normalized spacial score (nSPS) is 10.4. The van der Waals surface area contributed by atoms with Crippen LogP contribution in [-0.4, -0.2) is 15.9 Å². The number of aryl methyl sites for hydroxylation is 2. The van der Waals surface area contributed by atoms with Gasteiger partial charge in [-0.1, -0.05) is 18.2 Å². The van der Waals surface area contributed by atoms with Crippen molar-refractivity contribution in [2.24, 2.45) is 0 Å². The predicted molar refractivity (Wildman–Crippen MR) is 95.6 cm³/mol. The summed E-state index contributed by atoms with van der Waals surface area (Å²) in [5.74, 6) is -0.163. The number of carbonyl (C=O) groups excluding carboxylic acids is 1. The molecule has 0 aliphatic heterocycles. The summed E-state index contributed by atoms with van der Waals surface area (Å²) in [4.78, 5) is 20.7. The van der Waals surface area contributed by atoms with Crippen LogP contribution in [0, 0.1) is 19.7 Å². The Labute approximate surface area is 145 Å². The number of hydrogen-bond donors (Lipinski definition) is 2. The first-order valence-corrected chi connectivity index (χ1v) is 7.75. The van der Waals surface area contributed by atoms with Crippen molar-refractivity contribution in [3.63, 3.8) is 0 Å². The molecule has 25 heavy (non-hydrogen) atoms. The van der Waals surface area contributed by atoms with Crippen LogP contribution in [0.1, 0.15) is 21.6 Å². The van der Waals surface area contributed by atoms with Crippen molar-refractivity contribution in [2.75, 3.05) is 10.6 Å². The fourth-order valence-corrected chi connectivity index (χ4v) is 2.38. The summed E-state index contributed by atoms with van der Waals surface area (Å²) in [6.45, 7) is 3.87. The minimum absolute atomic E-state index is 0.215. The van der Waals surface area contributed by atoms with Gasteiger partial charge in [-0.3, -0.25) is 4.79 Å². The molecule has 0 bridgehead atoms. The zero-order valence-electron chi connectivity index (χ0n) is 13.9. The molecular formula is C19H17FN4O. The molecule has 0 aliphatic carbocycles. The molecule has 0 saturated carbocycles. The minimum atomic E-state index is -0.321. The van der Waals surface area contributed by atoms with Crippen LogP contribution in [0.25, 0.3) is 0 Å². The van der Waals surface area contributed by atoms with Crippen LogP contribution in [0.5, 0.6) is 0 Å². The quantitative estimate of drug-likeness (QED) is 0.748. The lowest BCUT2D eigenvalue weighted by Gasteiger charge is -2.11. The summed E-state index contributed by atoms with van der Waals surface area (Å²) >= 11 is 0. The maximum atomic E-state index is 12.9. The second kappa shape index (κ2) is 7.09. The molecule has 1 aromatic heterocycles. The van der Waals surface area contributed by atoms with E-state index in [-0.39, 0.29) is 17.4 Å². The van der Waals surface area contributed by atoms with Gasteiger partial charge in [0.1, 0.15) is 17.3 Å². The second-order valence-electron chi connectivity index (χ2n) is 5.64. The Kier molecular flexibility index (Phi) is 4.70. The molecule has 0 saturated heterocycles. The molecule has 2 aromatic carbocycles. The average molecular weight is 336 g/mol. The lowest BCUT2D eigenvalue weighted by molar-refractivity contribution is 0.102. The van der Waals surface area contributed by atoms with Gasteiger partial charge in [0.25, 0.3) is 5.91 Å². The van der Waals surface area contributed by atoms with Crippen LogP contribution in [0.3, 0.4) is 0 Å². The van der Waals surface area contributed by atoms with Gasteiger partial charge < -0.3 is 10.6 Å². The first kappa shape index (κ1) is 16.6. The van der Waals surface area contributed by atoms with E-state index in [1.165, 1.54) is 24.5 Å². The molecule has 6 heteroatoms. The smallest absolute Gasteiger partial charge is 0.275 e. The Morgan fingerprint density at radius 2 is 1.64 bits per heavy atom. The molecular weight excluding hydrogens is 319 g/mol. The van der Waals surface area contributed by atoms with Crippen LogP contribution in [0.2, 0.25) is 0 Å². The third kappa shape index (κ3) is 3.98. The van der Waals surface area contributed by atoms with Gasteiger partial charge in [0.2, 0.25) is 0 Å². The number of hydrogen-bond acceptors (Lipinski definition) is 4. The van der Waals surface area contributed by atoms with Crippen LogP contribution >= 0.6 is 0 Å². The average Bonchev–Trinajstić information content (AvgIpc) is 2.61. The van der Waals surface area contributed by atoms with Crippen LogP contribution in [0.4, 0.5) is 21.6 Å². The van der Waals surface area contributed by atoms with E-state index in [9.17, 15) is 9.18 Å². The Hall–Kier alpha value is -3.28. The number of nitrogens with one attached hydrogen (secondary N) is 2. The molecule has 0 atom stereocenters. The van der Waals surface area contributed by atoms with E-state index >= 15 is 0 Å². The van der Waals surface area contributed by atoms with Crippen molar-refractivity contribution in [2.45, 2.75) is 13.8 Å². The second-order valence-corrected chi connectivity index (χ2v) is 5.64. The molecule has 1 heterocycles. The highest BCUT2D eigenvalue weighted by Crippen LogP contribution is 2.20. The summed E-state index contributed by atoms with van der Waals surface area (Å²) in [7, 11) is 0. The number of halogens is 1. The highest BCUT2D eigenvalue weighted by molar-refractivity contribution is 6.03. The van der Waals surface area contributed by atoms with E-state index in [2.05, 4.69) is 20.6 Å². The molecule has 0 radical (unpaired) electrons. The SMILES string of the molecule is Cc1cccc(C)c1NC(=O)c1cnc(Nc2ccc(F)cc2)cn1. The first-order chi connectivity index (χ1) is 12.0. The van der Waals surface area contributed by atoms with Gasteiger partial charge >= 0.3 is 0 Å². The van der Waals surface area contributed by atoms with Gasteiger partial charge in [0.15, 0.2) is 0 Å². The maximum Gasteiger partial charge on any atom is 0.275 e. The van der Waals surface area contributed by atoms with Gasteiger partial charge in [-0.15, -0.1) is 0 Å². The Morgan fingerprint density at radius 1 is 0.960 bits per heavy atom.